The molecule has 1 nitrogen and oxygen atoms in total. The van der Waals surface area contributed by atoms with Crippen LogP contribution in [0.25, 0.3) is 11.1 Å². The van der Waals surface area contributed by atoms with Crippen LogP contribution in [0.2, 0.25) is 0 Å². The third-order valence-corrected chi connectivity index (χ3v) is 7.99. The Morgan fingerprint density at radius 3 is 1.88 bits per heavy atom. The summed E-state index contributed by atoms with van der Waals surface area (Å²) in [5.74, 6) is 0. The van der Waals surface area contributed by atoms with Gasteiger partial charge in [-0.05, 0) is 11.1 Å². The molecule has 3 aromatic rings. The van der Waals surface area contributed by atoms with E-state index in [0.29, 0.717) is 0 Å². The highest BCUT2D eigenvalue weighted by atomic mass is 31.2. The van der Waals surface area contributed by atoms with Crippen LogP contribution < -0.4 is 10.6 Å². The maximum absolute atomic E-state index is 14.5. The molecular weight excluding hydrogens is 323 g/mol. The summed E-state index contributed by atoms with van der Waals surface area (Å²) in [4.78, 5) is 0. The minimum absolute atomic E-state index is 0.0974. The average Bonchev–Trinajstić information content (AvgIpc) is 3.24. The molecule has 0 aliphatic heterocycles. The smallest absolute Gasteiger partial charge is 0.154 e. The number of benzene rings is 3. The molecule has 4 rings (SSSR count). The van der Waals surface area contributed by atoms with E-state index in [1.54, 1.807) is 0 Å². The van der Waals surface area contributed by atoms with Crippen LogP contribution in [0, 0.1) is 0 Å². The van der Waals surface area contributed by atoms with Gasteiger partial charge in [0.25, 0.3) is 0 Å². The summed E-state index contributed by atoms with van der Waals surface area (Å²) >= 11 is 0. The quantitative estimate of drug-likeness (QED) is 0.598. The number of hydrogen-bond donors (Lipinski definition) is 0. The van der Waals surface area contributed by atoms with Crippen molar-refractivity contribution in [3.63, 3.8) is 0 Å². The van der Waals surface area contributed by atoms with Gasteiger partial charge in [-0.1, -0.05) is 109 Å². The highest BCUT2D eigenvalue weighted by Gasteiger charge is 2.36. The summed E-state index contributed by atoms with van der Waals surface area (Å²) in [6, 6.07) is 28.2. The minimum atomic E-state index is -2.85. The topological polar surface area (TPSA) is 17.1 Å². The Morgan fingerprint density at radius 1 is 0.640 bits per heavy atom. The fraction of sp³-hybridized carbons (Fsp3) is 0.0435. The zero-order valence-electron chi connectivity index (χ0n) is 13.8. The molecule has 1 aliphatic carbocycles. The van der Waals surface area contributed by atoms with E-state index < -0.39 is 7.14 Å². The number of allylic oxidation sites excluding steroid dienone is 4. The molecule has 25 heavy (non-hydrogen) atoms. The highest BCUT2D eigenvalue weighted by molar-refractivity contribution is 7.80. The maximum atomic E-state index is 14.5. The second kappa shape index (κ2) is 6.70. The molecule has 0 N–H and O–H groups in total. The van der Waals surface area contributed by atoms with Gasteiger partial charge in [0, 0.05) is 10.6 Å². The van der Waals surface area contributed by atoms with Crippen LogP contribution in [0.1, 0.15) is 0 Å². The van der Waals surface area contributed by atoms with Gasteiger partial charge in [0.2, 0.25) is 0 Å². The van der Waals surface area contributed by atoms with Crippen molar-refractivity contribution >= 4 is 17.8 Å². The van der Waals surface area contributed by atoms with E-state index in [9.17, 15) is 4.57 Å². The molecule has 0 heterocycles. The monoisotopic (exact) mass is 342 g/mol. The van der Waals surface area contributed by atoms with Crippen LogP contribution in [0.5, 0.6) is 0 Å². The highest BCUT2D eigenvalue weighted by Crippen LogP contribution is 2.52. The first-order valence-corrected chi connectivity index (χ1v) is 10.2. The van der Waals surface area contributed by atoms with Crippen LogP contribution in [0.15, 0.2) is 109 Å². The normalized spacial score (nSPS) is 16.0. The lowest BCUT2D eigenvalue weighted by Crippen LogP contribution is -2.24. The standard InChI is InChI=1S/C23H19OP/c24-25(21-15-7-8-16-21,20-13-5-2-6-14-20)23-18-10-9-17-22(23)19-11-3-1-4-12-19/h1-18,21H. The lowest BCUT2D eigenvalue weighted by atomic mass is 10.1. The molecule has 0 radical (unpaired) electrons. The van der Waals surface area contributed by atoms with Crippen molar-refractivity contribution in [2.75, 3.05) is 0 Å². The largest absolute Gasteiger partial charge is 0.313 e. The summed E-state index contributed by atoms with van der Waals surface area (Å²) in [7, 11) is -2.85. The molecule has 3 aromatic carbocycles. The average molecular weight is 342 g/mol. The number of rotatable bonds is 4. The second-order valence-electron chi connectivity index (χ2n) is 6.14. The molecule has 0 spiro atoms. The summed E-state index contributed by atoms with van der Waals surface area (Å²) in [5.41, 5.74) is 2.05. The predicted molar refractivity (Wildman–Crippen MR) is 107 cm³/mol. The van der Waals surface area contributed by atoms with Gasteiger partial charge < -0.3 is 4.57 Å². The van der Waals surface area contributed by atoms with E-state index in [1.807, 2.05) is 78.9 Å². The first-order valence-electron chi connectivity index (χ1n) is 8.45. The fourth-order valence-electron chi connectivity index (χ4n) is 3.41. The Morgan fingerprint density at radius 2 is 1.20 bits per heavy atom. The van der Waals surface area contributed by atoms with Gasteiger partial charge in [0.15, 0.2) is 7.14 Å². The third-order valence-electron chi connectivity index (χ3n) is 4.63. The van der Waals surface area contributed by atoms with Crippen molar-refractivity contribution < 1.29 is 4.57 Å². The fourth-order valence-corrected chi connectivity index (χ4v) is 6.52. The molecule has 0 saturated carbocycles. The first-order chi connectivity index (χ1) is 12.3. The van der Waals surface area contributed by atoms with Crippen molar-refractivity contribution in [2.45, 2.75) is 5.66 Å². The Labute approximate surface area is 148 Å². The van der Waals surface area contributed by atoms with Crippen molar-refractivity contribution in [1.29, 1.82) is 0 Å². The molecule has 0 amide bonds. The van der Waals surface area contributed by atoms with Gasteiger partial charge in [-0.25, -0.2) is 0 Å². The van der Waals surface area contributed by atoms with Gasteiger partial charge in [0.05, 0.1) is 5.66 Å². The second-order valence-corrected chi connectivity index (χ2v) is 9.05. The Hall–Kier alpha value is -2.63. The summed E-state index contributed by atoms with van der Waals surface area (Å²) in [5, 5.41) is 1.83. The lowest BCUT2D eigenvalue weighted by molar-refractivity contribution is 0.586. The van der Waals surface area contributed by atoms with Crippen LogP contribution in [-0.2, 0) is 4.57 Å². The van der Waals surface area contributed by atoms with Gasteiger partial charge in [-0.2, -0.15) is 0 Å². The molecular formula is C23H19OP. The Kier molecular flexibility index (Phi) is 4.26. The molecule has 2 heteroatoms. The van der Waals surface area contributed by atoms with E-state index in [2.05, 4.69) is 30.4 Å². The van der Waals surface area contributed by atoms with Gasteiger partial charge in [-0.3, -0.25) is 0 Å². The maximum Gasteiger partial charge on any atom is 0.154 e. The van der Waals surface area contributed by atoms with E-state index in [4.69, 9.17) is 0 Å². The Balaban J connectivity index is 1.98. The van der Waals surface area contributed by atoms with Crippen molar-refractivity contribution in [1.82, 2.24) is 0 Å². The molecule has 0 aromatic heterocycles. The zero-order valence-corrected chi connectivity index (χ0v) is 14.7. The van der Waals surface area contributed by atoms with E-state index >= 15 is 0 Å². The van der Waals surface area contributed by atoms with Crippen molar-refractivity contribution in [3.8, 4) is 11.1 Å². The van der Waals surface area contributed by atoms with Crippen LogP contribution in [-0.4, -0.2) is 5.66 Å². The van der Waals surface area contributed by atoms with E-state index in [-0.39, 0.29) is 5.66 Å². The van der Waals surface area contributed by atoms with Crippen LogP contribution >= 0.6 is 7.14 Å². The van der Waals surface area contributed by atoms with Crippen LogP contribution in [0.4, 0.5) is 0 Å². The first kappa shape index (κ1) is 15.9. The predicted octanol–water partition coefficient (Wildman–Crippen LogP) is 5.16. The zero-order chi connectivity index (χ0) is 17.1. The molecule has 0 saturated heterocycles. The lowest BCUT2D eigenvalue weighted by Gasteiger charge is -2.26. The molecule has 122 valence electrons. The van der Waals surface area contributed by atoms with Gasteiger partial charge >= 0.3 is 0 Å². The SMILES string of the molecule is O=P(c1ccccc1)(c1ccccc1-c1ccccc1)C1C=CC=C1. The minimum Gasteiger partial charge on any atom is -0.313 e. The van der Waals surface area contributed by atoms with Crippen molar-refractivity contribution in [2.24, 2.45) is 0 Å². The van der Waals surface area contributed by atoms with Crippen molar-refractivity contribution in [3.05, 3.63) is 109 Å². The van der Waals surface area contributed by atoms with Gasteiger partial charge in [0.1, 0.15) is 0 Å². The molecule has 1 unspecified atom stereocenters. The summed E-state index contributed by atoms with van der Waals surface area (Å²) in [6.45, 7) is 0. The van der Waals surface area contributed by atoms with Gasteiger partial charge in [-0.15, -0.1) is 0 Å². The van der Waals surface area contributed by atoms with Crippen LogP contribution in [0.3, 0.4) is 0 Å². The molecule has 0 bridgehead atoms. The summed E-state index contributed by atoms with van der Waals surface area (Å²) < 4.78 is 14.5. The van der Waals surface area contributed by atoms with E-state index in [0.717, 1.165) is 21.7 Å². The Bertz CT molecular complexity index is 959. The summed E-state index contributed by atoms with van der Waals surface area (Å²) in [6.07, 6.45) is 8.09. The number of hydrogen-bond acceptors (Lipinski definition) is 1. The molecule has 1 atom stereocenters. The molecule has 0 fully saturated rings. The molecule has 1 aliphatic rings. The third kappa shape index (κ3) is 2.81. The van der Waals surface area contributed by atoms with E-state index in [1.165, 1.54) is 0 Å².